The zero-order valence-electron chi connectivity index (χ0n) is 17.2. The van der Waals surface area contributed by atoms with Crippen LogP contribution in [0.5, 0.6) is 6.01 Å². The van der Waals surface area contributed by atoms with E-state index in [1.165, 1.54) is 0 Å². The summed E-state index contributed by atoms with van der Waals surface area (Å²) in [5.41, 5.74) is 3.08. The Kier molecular flexibility index (Phi) is 5.60. The van der Waals surface area contributed by atoms with E-state index in [9.17, 15) is 9.90 Å². The molecule has 1 aromatic carbocycles. The molecule has 0 unspecified atom stereocenters. The number of rotatable bonds is 5. The summed E-state index contributed by atoms with van der Waals surface area (Å²) in [5, 5.41) is 15.7. The fraction of sp³-hybridized carbons (Fsp3) is 0.381. The molecule has 2 aromatic heterocycles. The van der Waals surface area contributed by atoms with Crippen LogP contribution in [-0.4, -0.2) is 70.3 Å². The fourth-order valence-corrected chi connectivity index (χ4v) is 4.15. The van der Waals surface area contributed by atoms with Crippen molar-refractivity contribution < 1.29 is 24.1 Å². The number of aromatic nitrogens is 3. The van der Waals surface area contributed by atoms with Gasteiger partial charge in [-0.2, -0.15) is 4.98 Å². The van der Waals surface area contributed by atoms with Crippen LogP contribution in [0.15, 0.2) is 30.3 Å². The van der Waals surface area contributed by atoms with Crippen molar-refractivity contribution in [3.05, 3.63) is 35.4 Å². The summed E-state index contributed by atoms with van der Waals surface area (Å²) in [6.45, 7) is 2.93. The molecule has 3 aromatic rings. The van der Waals surface area contributed by atoms with Gasteiger partial charge < -0.3 is 34.9 Å². The number of anilines is 1. The molecule has 168 valence electrons. The molecule has 10 nitrogen and oxygen atoms in total. The number of hydrogen-bond donors (Lipinski definition) is 4. The van der Waals surface area contributed by atoms with Gasteiger partial charge in [-0.3, -0.25) is 0 Å². The lowest BCUT2D eigenvalue weighted by molar-refractivity contribution is 0.00706. The summed E-state index contributed by atoms with van der Waals surface area (Å²) in [4.78, 5) is 23.7. The highest BCUT2D eigenvalue weighted by molar-refractivity contribution is 6.33. The third kappa shape index (κ3) is 3.97. The van der Waals surface area contributed by atoms with Gasteiger partial charge in [0.2, 0.25) is 0 Å². The van der Waals surface area contributed by atoms with Gasteiger partial charge in [0.05, 0.1) is 29.4 Å². The maximum absolute atomic E-state index is 11.7. The van der Waals surface area contributed by atoms with E-state index < -0.39 is 6.10 Å². The number of aliphatic hydroxyl groups excluding tert-OH is 1. The maximum atomic E-state index is 11.7. The van der Waals surface area contributed by atoms with Crippen LogP contribution in [0.1, 0.15) is 6.92 Å². The minimum Gasteiger partial charge on any atom is -0.456 e. The molecule has 32 heavy (non-hydrogen) atoms. The number of carbonyl (C=O) groups excluding carboxylic acids is 1. The molecule has 0 bridgehead atoms. The number of benzene rings is 1. The topological polar surface area (TPSA) is 131 Å². The quantitative estimate of drug-likeness (QED) is 0.460. The van der Waals surface area contributed by atoms with Crippen molar-refractivity contribution >= 4 is 34.5 Å². The third-order valence-electron chi connectivity index (χ3n) is 5.40. The Balaban J connectivity index is 1.34. The minimum absolute atomic E-state index is 0.230. The monoisotopic (exact) mass is 459 g/mol. The van der Waals surface area contributed by atoms with E-state index in [1.54, 1.807) is 18.2 Å². The zero-order chi connectivity index (χ0) is 22.2. The summed E-state index contributed by atoms with van der Waals surface area (Å²) in [6, 6.07) is 8.95. The van der Waals surface area contributed by atoms with Gasteiger partial charge in [-0.15, -0.1) is 0 Å². The lowest BCUT2D eigenvalue weighted by atomic mass is 10.1. The van der Waals surface area contributed by atoms with Gasteiger partial charge >= 0.3 is 6.03 Å². The number of pyridine rings is 1. The number of nitrogens with zero attached hydrogens (tertiary/aromatic N) is 2. The van der Waals surface area contributed by atoms with Crippen molar-refractivity contribution in [2.24, 2.45) is 0 Å². The highest BCUT2D eigenvalue weighted by Crippen LogP contribution is 2.32. The Morgan fingerprint density at radius 1 is 1.25 bits per heavy atom. The molecular weight excluding hydrogens is 438 g/mol. The van der Waals surface area contributed by atoms with Crippen LogP contribution in [0.25, 0.3) is 22.4 Å². The van der Waals surface area contributed by atoms with Crippen LogP contribution in [0, 0.1) is 0 Å². The number of H-pyrrole nitrogens is 1. The van der Waals surface area contributed by atoms with Gasteiger partial charge in [-0.05, 0) is 25.1 Å². The smallest absolute Gasteiger partial charge is 0.319 e. The first kappa shape index (κ1) is 21.0. The summed E-state index contributed by atoms with van der Waals surface area (Å²) >= 11 is 6.47. The molecule has 0 saturated carbocycles. The van der Waals surface area contributed by atoms with Gasteiger partial charge in [0.15, 0.2) is 11.8 Å². The highest BCUT2D eigenvalue weighted by atomic mass is 35.5. The molecule has 2 aliphatic rings. The maximum Gasteiger partial charge on any atom is 0.319 e. The zero-order valence-corrected chi connectivity index (χ0v) is 17.9. The first-order valence-electron chi connectivity index (χ1n) is 10.3. The normalized spacial score (nSPS) is 24.5. The van der Waals surface area contributed by atoms with Gasteiger partial charge in [-0.25, -0.2) is 9.78 Å². The molecule has 4 N–H and O–H groups in total. The first-order valence-corrected chi connectivity index (χ1v) is 10.7. The van der Waals surface area contributed by atoms with E-state index in [2.05, 4.69) is 25.6 Å². The lowest BCUT2D eigenvalue weighted by Crippen LogP contribution is -2.34. The molecule has 0 aliphatic carbocycles. The van der Waals surface area contributed by atoms with Gasteiger partial charge in [0.1, 0.15) is 18.3 Å². The van der Waals surface area contributed by atoms with Crippen LogP contribution in [0.4, 0.5) is 10.5 Å². The second-order valence-electron chi connectivity index (χ2n) is 7.61. The number of amides is 2. The molecule has 2 saturated heterocycles. The predicted molar refractivity (Wildman–Crippen MR) is 117 cm³/mol. The third-order valence-corrected chi connectivity index (χ3v) is 5.69. The fourth-order valence-electron chi connectivity index (χ4n) is 3.89. The van der Waals surface area contributed by atoms with E-state index in [0.717, 1.165) is 5.56 Å². The van der Waals surface area contributed by atoms with Crippen molar-refractivity contribution in [2.45, 2.75) is 31.3 Å². The number of fused-ring (bicyclic) bond motifs is 2. The summed E-state index contributed by atoms with van der Waals surface area (Å²) < 4.78 is 17.1. The van der Waals surface area contributed by atoms with Crippen LogP contribution in [0.3, 0.4) is 0 Å². The molecule has 2 aliphatic heterocycles. The van der Waals surface area contributed by atoms with Crippen LogP contribution in [0.2, 0.25) is 5.02 Å². The number of aliphatic hydroxyl groups is 1. The van der Waals surface area contributed by atoms with Crippen molar-refractivity contribution in [1.29, 1.82) is 0 Å². The van der Waals surface area contributed by atoms with E-state index in [0.29, 0.717) is 40.7 Å². The Bertz CT molecular complexity index is 1140. The standard InChI is InChI=1S/C21H22ClN5O5/c1-2-23-20(29)24-11-5-3-10(4-6-11)16-12(22)7-13-19(26-16)27-21(25-13)32-15-9-31-17-14(28)8-30-18(15)17/h3-7,14-15,17-18,28H,2,8-9H2,1H3,(H2,23,24,29)(H,25,26,27)/t14-,15-,17-,18-/m1/s1. The SMILES string of the molecule is CCNC(=O)Nc1ccc(-c2nc3nc(O[C@@H]4CO[C@H]5[C@@H]4OC[C@H]5O)[nH]c3cc2Cl)cc1. The summed E-state index contributed by atoms with van der Waals surface area (Å²) in [6.07, 6.45) is -1.74. The molecule has 0 radical (unpaired) electrons. The van der Waals surface area contributed by atoms with Gasteiger partial charge in [0.25, 0.3) is 6.01 Å². The number of hydrogen-bond acceptors (Lipinski definition) is 7. The van der Waals surface area contributed by atoms with E-state index in [1.807, 2.05) is 19.1 Å². The number of halogens is 1. The minimum atomic E-state index is -0.644. The second kappa shape index (κ2) is 8.55. The Labute approximate surface area is 188 Å². The number of carbonyl (C=O) groups is 1. The Morgan fingerprint density at radius 3 is 2.81 bits per heavy atom. The van der Waals surface area contributed by atoms with Crippen LogP contribution in [-0.2, 0) is 9.47 Å². The average molecular weight is 460 g/mol. The lowest BCUT2D eigenvalue weighted by Gasteiger charge is -2.15. The predicted octanol–water partition coefficient (Wildman–Crippen LogP) is 2.33. The number of ether oxygens (including phenoxy) is 3. The number of imidazole rings is 1. The van der Waals surface area contributed by atoms with Crippen molar-refractivity contribution in [2.75, 3.05) is 25.1 Å². The summed E-state index contributed by atoms with van der Waals surface area (Å²) in [7, 11) is 0. The van der Waals surface area contributed by atoms with E-state index >= 15 is 0 Å². The molecule has 4 heterocycles. The van der Waals surface area contributed by atoms with Crippen molar-refractivity contribution in [3.8, 4) is 17.3 Å². The molecule has 0 spiro atoms. The first-order chi connectivity index (χ1) is 15.5. The highest BCUT2D eigenvalue weighted by Gasteiger charge is 2.48. The molecule has 11 heteroatoms. The molecule has 2 fully saturated rings. The van der Waals surface area contributed by atoms with Crippen molar-refractivity contribution in [3.63, 3.8) is 0 Å². The van der Waals surface area contributed by atoms with Gasteiger partial charge in [-0.1, -0.05) is 23.7 Å². The largest absolute Gasteiger partial charge is 0.456 e. The Hall–Kier alpha value is -2.92. The van der Waals surface area contributed by atoms with Crippen LogP contribution < -0.4 is 15.4 Å². The van der Waals surface area contributed by atoms with Gasteiger partial charge in [0, 0.05) is 17.8 Å². The van der Waals surface area contributed by atoms with E-state index in [-0.39, 0.29) is 37.0 Å². The second-order valence-corrected chi connectivity index (χ2v) is 8.02. The number of aromatic amines is 1. The van der Waals surface area contributed by atoms with E-state index in [4.69, 9.17) is 25.8 Å². The molecule has 5 rings (SSSR count). The molecular formula is C21H22ClN5O5. The average Bonchev–Trinajstić information content (AvgIpc) is 3.45. The summed E-state index contributed by atoms with van der Waals surface area (Å²) in [5.74, 6) is 0. The number of nitrogens with one attached hydrogen (secondary N) is 3. The Morgan fingerprint density at radius 2 is 2.03 bits per heavy atom. The molecule has 2 amide bonds. The van der Waals surface area contributed by atoms with Crippen molar-refractivity contribution in [1.82, 2.24) is 20.3 Å². The van der Waals surface area contributed by atoms with Crippen LogP contribution >= 0.6 is 11.6 Å². The number of urea groups is 1. The molecule has 4 atom stereocenters.